The number of carbonyl (C=O) groups excluding carboxylic acids is 2. The Bertz CT molecular complexity index is 918. The predicted octanol–water partition coefficient (Wildman–Crippen LogP) is 3.13. The van der Waals surface area contributed by atoms with Crippen LogP contribution in [0.4, 0.5) is 18.9 Å². The Morgan fingerprint density at radius 3 is 2.83 bits per heavy atom. The number of hydrogen-bond donors (Lipinski definition) is 2. The second-order valence-corrected chi connectivity index (χ2v) is 8.41. The molecule has 1 aromatic heterocycles. The first-order chi connectivity index (χ1) is 13.8. The lowest BCUT2D eigenvalue weighted by molar-refractivity contribution is -0.167. The third-order valence-corrected chi connectivity index (χ3v) is 6.21. The van der Waals surface area contributed by atoms with Gasteiger partial charge in [-0.3, -0.25) is 9.59 Å². The maximum absolute atomic E-state index is 12.6. The van der Waals surface area contributed by atoms with Crippen LogP contribution in [0.15, 0.2) is 30.5 Å². The van der Waals surface area contributed by atoms with Crippen LogP contribution in [-0.2, 0) is 4.79 Å². The zero-order valence-corrected chi connectivity index (χ0v) is 16.1. The fourth-order valence-electron chi connectivity index (χ4n) is 3.88. The van der Waals surface area contributed by atoms with Gasteiger partial charge in [0.15, 0.2) is 5.01 Å². The highest BCUT2D eigenvalue weighted by Crippen LogP contribution is 2.30. The van der Waals surface area contributed by atoms with Gasteiger partial charge in [-0.25, -0.2) is 4.98 Å². The van der Waals surface area contributed by atoms with Crippen LogP contribution in [0.5, 0.6) is 0 Å². The van der Waals surface area contributed by atoms with E-state index in [1.54, 1.807) is 6.07 Å². The minimum Gasteiger partial charge on any atom is -0.346 e. The Morgan fingerprint density at radius 1 is 1.24 bits per heavy atom. The van der Waals surface area contributed by atoms with Crippen molar-refractivity contribution in [2.24, 2.45) is 5.92 Å². The van der Waals surface area contributed by atoms with Gasteiger partial charge in [-0.1, -0.05) is 12.1 Å². The molecule has 2 saturated heterocycles. The van der Waals surface area contributed by atoms with Crippen molar-refractivity contribution in [3.05, 3.63) is 35.5 Å². The molecule has 2 amide bonds. The number of nitrogens with zero attached hydrogens (tertiary/aromatic N) is 2. The second-order valence-electron chi connectivity index (χ2n) is 7.38. The SMILES string of the molecule is O=C(N[C@@H]1CC2CCN(C2)C1)c1ncc(-c2cccc(NC(=O)C(F)(F)F)c2)s1. The molecule has 4 rings (SSSR count). The van der Waals surface area contributed by atoms with Gasteiger partial charge in [-0.15, -0.1) is 11.3 Å². The van der Waals surface area contributed by atoms with E-state index in [0.29, 0.717) is 21.4 Å². The van der Waals surface area contributed by atoms with Crippen LogP contribution in [0.3, 0.4) is 0 Å². The molecule has 3 heterocycles. The molecule has 2 bridgehead atoms. The molecular weight excluding hydrogens is 405 g/mol. The van der Waals surface area contributed by atoms with Crippen LogP contribution < -0.4 is 10.6 Å². The summed E-state index contributed by atoms with van der Waals surface area (Å²) in [6.07, 6.45) is -1.30. The van der Waals surface area contributed by atoms with Crippen molar-refractivity contribution in [3.8, 4) is 10.4 Å². The third kappa shape index (κ3) is 4.59. The Balaban J connectivity index is 1.43. The quantitative estimate of drug-likeness (QED) is 0.791. The number of amides is 2. The van der Waals surface area contributed by atoms with Crippen LogP contribution in [0.1, 0.15) is 22.6 Å². The fourth-order valence-corrected chi connectivity index (χ4v) is 4.69. The number of carbonyl (C=O) groups is 2. The highest BCUT2D eigenvalue weighted by molar-refractivity contribution is 7.17. The maximum atomic E-state index is 12.6. The molecule has 0 radical (unpaired) electrons. The molecule has 0 saturated carbocycles. The molecule has 0 aliphatic carbocycles. The largest absolute Gasteiger partial charge is 0.471 e. The Morgan fingerprint density at radius 2 is 2.07 bits per heavy atom. The molecule has 0 spiro atoms. The molecule has 10 heteroatoms. The lowest BCUT2D eigenvalue weighted by atomic mass is 9.97. The number of hydrogen-bond acceptors (Lipinski definition) is 5. The highest BCUT2D eigenvalue weighted by Gasteiger charge is 2.38. The van der Waals surface area contributed by atoms with E-state index in [0.717, 1.165) is 37.4 Å². The maximum Gasteiger partial charge on any atom is 0.471 e. The number of piperidine rings is 1. The molecule has 3 atom stereocenters. The van der Waals surface area contributed by atoms with Crippen LogP contribution in [0, 0.1) is 5.92 Å². The van der Waals surface area contributed by atoms with Crippen LogP contribution in [-0.4, -0.2) is 53.6 Å². The van der Waals surface area contributed by atoms with E-state index in [1.165, 1.54) is 30.8 Å². The van der Waals surface area contributed by atoms with Crippen LogP contribution >= 0.6 is 11.3 Å². The second kappa shape index (κ2) is 7.75. The topological polar surface area (TPSA) is 74.3 Å². The minimum atomic E-state index is -4.96. The summed E-state index contributed by atoms with van der Waals surface area (Å²) in [7, 11) is 0. The number of benzene rings is 1. The molecule has 2 aliphatic rings. The number of aromatic nitrogens is 1. The molecule has 1 aromatic carbocycles. The number of anilines is 1. The summed E-state index contributed by atoms with van der Waals surface area (Å²) >= 11 is 1.16. The Hall–Kier alpha value is -2.46. The Labute approximate surface area is 169 Å². The molecular formula is C19H19F3N4O2S. The number of thiazole rings is 1. The predicted molar refractivity (Wildman–Crippen MR) is 103 cm³/mol. The van der Waals surface area contributed by atoms with E-state index >= 15 is 0 Å². The van der Waals surface area contributed by atoms with Crippen molar-refractivity contribution < 1.29 is 22.8 Å². The third-order valence-electron chi connectivity index (χ3n) is 5.16. The highest BCUT2D eigenvalue weighted by atomic mass is 32.1. The molecule has 6 nitrogen and oxygen atoms in total. The van der Waals surface area contributed by atoms with Crippen LogP contribution in [0.2, 0.25) is 0 Å². The number of halogens is 3. The lowest BCUT2D eigenvalue weighted by Crippen LogP contribution is -2.46. The first-order valence-electron chi connectivity index (χ1n) is 9.25. The number of fused-ring (bicyclic) bond motifs is 2. The van der Waals surface area contributed by atoms with Gasteiger partial charge in [0.1, 0.15) is 0 Å². The standard InChI is InChI=1S/C19H19F3N4O2S/c20-19(21,22)18(28)25-13-3-1-2-12(7-13)15-8-23-17(29-15)16(27)24-14-6-11-4-5-26(9-11)10-14/h1-3,7-8,11,14H,4-6,9-10H2,(H,24,27)(H,25,28)/t11?,14-/m1/s1. The first kappa shape index (κ1) is 19.8. The van der Waals surface area contributed by atoms with E-state index in [-0.39, 0.29) is 17.6 Å². The van der Waals surface area contributed by atoms with Gasteiger partial charge in [0.2, 0.25) is 0 Å². The van der Waals surface area contributed by atoms with Crippen molar-refractivity contribution >= 4 is 28.8 Å². The first-order valence-corrected chi connectivity index (χ1v) is 10.1. The van der Waals surface area contributed by atoms with Gasteiger partial charge in [0.05, 0.1) is 4.88 Å². The zero-order chi connectivity index (χ0) is 20.6. The van der Waals surface area contributed by atoms with E-state index in [4.69, 9.17) is 0 Å². The summed E-state index contributed by atoms with van der Waals surface area (Å²) in [4.78, 5) is 30.8. The van der Waals surface area contributed by atoms with Crippen molar-refractivity contribution in [1.29, 1.82) is 0 Å². The monoisotopic (exact) mass is 424 g/mol. The minimum absolute atomic E-state index is 0.0240. The molecule has 2 unspecified atom stereocenters. The van der Waals surface area contributed by atoms with E-state index in [9.17, 15) is 22.8 Å². The number of alkyl halides is 3. The van der Waals surface area contributed by atoms with Crippen molar-refractivity contribution in [3.63, 3.8) is 0 Å². The molecule has 29 heavy (non-hydrogen) atoms. The number of nitrogens with one attached hydrogen (secondary N) is 2. The van der Waals surface area contributed by atoms with Crippen LogP contribution in [0.25, 0.3) is 10.4 Å². The van der Waals surface area contributed by atoms with Gasteiger partial charge >= 0.3 is 12.1 Å². The van der Waals surface area contributed by atoms with Crippen molar-refractivity contribution in [1.82, 2.24) is 15.2 Å². The van der Waals surface area contributed by atoms with Gasteiger partial charge in [-0.2, -0.15) is 13.2 Å². The fraction of sp³-hybridized carbons (Fsp3) is 0.421. The molecule has 2 N–H and O–H groups in total. The van der Waals surface area contributed by atoms with Gasteiger partial charge in [0.25, 0.3) is 5.91 Å². The van der Waals surface area contributed by atoms with E-state index < -0.39 is 12.1 Å². The number of rotatable bonds is 4. The molecule has 2 aromatic rings. The van der Waals surface area contributed by atoms with Crippen molar-refractivity contribution in [2.75, 3.05) is 25.0 Å². The van der Waals surface area contributed by atoms with E-state index in [2.05, 4.69) is 15.2 Å². The van der Waals surface area contributed by atoms with Crippen molar-refractivity contribution in [2.45, 2.75) is 25.1 Å². The summed E-state index contributed by atoms with van der Waals surface area (Å²) in [6, 6.07) is 6.12. The summed E-state index contributed by atoms with van der Waals surface area (Å²) < 4.78 is 37.3. The zero-order valence-electron chi connectivity index (χ0n) is 15.3. The molecule has 154 valence electrons. The smallest absolute Gasteiger partial charge is 0.346 e. The lowest BCUT2D eigenvalue weighted by Gasteiger charge is -2.30. The average molecular weight is 424 g/mol. The summed E-state index contributed by atoms with van der Waals surface area (Å²) in [5.74, 6) is -1.64. The van der Waals surface area contributed by atoms with Gasteiger partial charge in [0, 0.05) is 31.0 Å². The normalized spacial score (nSPS) is 23.6. The summed E-state index contributed by atoms with van der Waals surface area (Å²) in [5, 5.41) is 5.17. The van der Waals surface area contributed by atoms with Gasteiger partial charge in [-0.05, 0) is 43.0 Å². The molecule has 2 fully saturated rings. The summed E-state index contributed by atoms with van der Waals surface area (Å²) in [5.41, 5.74) is 0.597. The summed E-state index contributed by atoms with van der Waals surface area (Å²) in [6.45, 7) is 3.04. The molecule has 2 aliphatic heterocycles. The van der Waals surface area contributed by atoms with Gasteiger partial charge < -0.3 is 15.5 Å². The average Bonchev–Trinajstić information content (AvgIpc) is 3.28. The van der Waals surface area contributed by atoms with E-state index in [1.807, 2.05) is 5.32 Å². The Kier molecular flexibility index (Phi) is 5.30.